The summed E-state index contributed by atoms with van der Waals surface area (Å²) in [6.45, 7) is 7.32. The average molecular weight is 459 g/mol. The number of benzene rings is 1. The van der Waals surface area contributed by atoms with Crippen molar-refractivity contribution in [2.24, 2.45) is 23.2 Å². The van der Waals surface area contributed by atoms with Crippen molar-refractivity contribution in [3.8, 4) is 0 Å². The smallest absolute Gasteiger partial charge is 0.159 e. The highest BCUT2D eigenvalue weighted by Gasteiger charge is 2.75. The number of ether oxygens (including phenoxy) is 1. The van der Waals surface area contributed by atoms with Gasteiger partial charge < -0.3 is 4.74 Å². The number of unbranched alkanes of at least 4 members (excludes halogenated alkanes) is 1. The van der Waals surface area contributed by atoms with E-state index in [-0.39, 0.29) is 16.8 Å². The van der Waals surface area contributed by atoms with Gasteiger partial charge in [-0.25, -0.2) is 0 Å². The van der Waals surface area contributed by atoms with E-state index in [1.54, 1.807) is 12.5 Å². The van der Waals surface area contributed by atoms with Gasteiger partial charge in [0.2, 0.25) is 0 Å². The van der Waals surface area contributed by atoms with E-state index in [1.807, 2.05) is 18.2 Å². The number of hydrogen-bond donors (Lipinski definition) is 0. The molecule has 0 unspecified atom stereocenters. The highest BCUT2D eigenvalue weighted by molar-refractivity contribution is 5.94. The van der Waals surface area contributed by atoms with Crippen LogP contribution in [0.3, 0.4) is 0 Å². The number of rotatable bonds is 6. The Morgan fingerprint density at radius 3 is 2.65 bits per heavy atom. The summed E-state index contributed by atoms with van der Waals surface area (Å²) < 4.78 is 6.80. The molecule has 0 aromatic heterocycles. The van der Waals surface area contributed by atoms with Crippen molar-refractivity contribution in [3.63, 3.8) is 0 Å². The summed E-state index contributed by atoms with van der Waals surface area (Å²) in [4.78, 5) is 24.2. The Bertz CT molecular complexity index is 1090. The number of allylic oxidation sites excluding steroid dienone is 4. The van der Waals surface area contributed by atoms with Crippen molar-refractivity contribution in [3.05, 3.63) is 58.2 Å². The van der Waals surface area contributed by atoms with E-state index in [0.29, 0.717) is 35.9 Å². The fourth-order valence-electron chi connectivity index (χ4n) is 8.51. The predicted octanol–water partition coefficient (Wildman–Crippen LogP) is 6.97. The van der Waals surface area contributed by atoms with Crippen LogP contribution in [0.5, 0.6) is 0 Å². The fraction of sp³-hybridized carbons (Fsp3) is 0.613. The Kier molecular flexibility index (Phi) is 5.30. The van der Waals surface area contributed by atoms with Crippen LogP contribution in [0.2, 0.25) is 0 Å². The summed E-state index contributed by atoms with van der Waals surface area (Å²) in [6, 6.07) is 8.42. The van der Waals surface area contributed by atoms with Gasteiger partial charge in [-0.1, -0.05) is 50.1 Å². The van der Waals surface area contributed by atoms with E-state index in [2.05, 4.69) is 26.0 Å². The standard InChI is InChI=1S/C31H38O3/c1-4-5-14-34-31-17-23(31)16-28-26-12-10-22-15-24(33)11-13-25(22)29(26)27(18-30(28,31)3)21-8-6-20(7-9-21)19(2)32/h6-9,15,23,26-28H,4-5,10-14,16-18H2,1-3H3/t23-,26-,27+,28-,30-,31-/m0/s1. The van der Waals surface area contributed by atoms with E-state index in [0.717, 1.165) is 44.3 Å². The molecule has 0 radical (unpaired) electrons. The third-order valence-corrected chi connectivity index (χ3v) is 10.3. The Morgan fingerprint density at radius 1 is 1.12 bits per heavy atom. The molecule has 5 aliphatic rings. The Hall–Kier alpha value is -2.00. The molecule has 3 heteroatoms. The van der Waals surface area contributed by atoms with Gasteiger partial charge >= 0.3 is 0 Å². The molecule has 0 amide bonds. The second kappa shape index (κ2) is 8.01. The Balaban J connectivity index is 1.44. The maximum atomic E-state index is 12.2. The number of fused-ring (bicyclic) bond motifs is 6. The molecule has 0 N–H and O–H groups in total. The highest BCUT2D eigenvalue weighted by atomic mass is 16.5. The molecular formula is C31H38O3. The lowest BCUT2D eigenvalue weighted by Crippen LogP contribution is -2.49. The van der Waals surface area contributed by atoms with Crippen LogP contribution < -0.4 is 0 Å². The molecule has 34 heavy (non-hydrogen) atoms. The Labute approximate surface area is 204 Å². The minimum Gasteiger partial charge on any atom is -0.374 e. The number of Topliss-reactive ketones (excluding diaryl/α,β-unsaturated/α-hetero) is 1. The summed E-state index contributed by atoms with van der Waals surface area (Å²) in [5, 5.41) is 0. The van der Waals surface area contributed by atoms with Crippen molar-refractivity contribution in [2.75, 3.05) is 6.61 Å². The lowest BCUT2D eigenvalue weighted by molar-refractivity contribution is -0.114. The van der Waals surface area contributed by atoms with E-state index >= 15 is 0 Å². The molecule has 0 aliphatic heterocycles. The van der Waals surface area contributed by atoms with E-state index in [9.17, 15) is 9.59 Å². The normalized spacial score (nSPS) is 38.0. The van der Waals surface area contributed by atoms with Gasteiger partial charge in [0, 0.05) is 29.9 Å². The lowest BCUT2D eigenvalue weighted by atomic mass is 9.51. The molecular weight excluding hydrogens is 420 g/mol. The molecule has 6 atom stereocenters. The van der Waals surface area contributed by atoms with Crippen LogP contribution in [0.4, 0.5) is 0 Å². The van der Waals surface area contributed by atoms with Gasteiger partial charge in [0.25, 0.3) is 0 Å². The summed E-state index contributed by atoms with van der Waals surface area (Å²) in [5.41, 5.74) is 6.83. The monoisotopic (exact) mass is 458 g/mol. The van der Waals surface area contributed by atoms with Gasteiger partial charge in [-0.05, 0) is 92.4 Å². The quantitative estimate of drug-likeness (QED) is 0.341. The topological polar surface area (TPSA) is 43.4 Å². The molecule has 3 saturated carbocycles. The zero-order chi connectivity index (χ0) is 23.7. The van der Waals surface area contributed by atoms with Crippen molar-refractivity contribution in [2.45, 2.75) is 90.1 Å². The second-order valence-corrected chi connectivity index (χ2v) is 11.9. The van der Waals surface area contributed by atoms with E-state index < -0.39 is 0 Å². The number of carbonyl (C=O) groups is 2. The SMILES string of the molecule is CCCCO[C@@]12C[C@@H]1C[C@H]1[C@@H]3CCC4=CC(=O)CCC4=C3[C@@H](c3ccc(C(C)=O)cc3)C[C@@]12C. The molecule has 6 rings (SSSR count). The van der Waals surface area contributed by atoms with E-state index in [4.69, 9.17) is 4.74 Å². The van der Waals surface area contributed by atoms with Crippen LogP contribution in [0.25, 0.3) is 0 Å². The lowest BCUT2D eigenvalue weighted by Gasteiger charge is -2.54. The van der Waals surface area contributed by atoms with Gasteiger partial charge in [0.1, 0.15) is 0 Å². The van der Waals surface area contributed by atoms with Gasteiger partial charge in [-0.3, -0.25) is 9.59 Å². The van der Waals surface area contributed by atoms with Crippen LogP contribution in [0.15, 0.2) is 47.1 Å². The predicted molar refractivity (Wildman–Crippen MR) is 134 cm³/mol. The molecule has 180 valence electrons. The minimum atomic E-state index is 0.0687. The Morgan fingerprint density at radius 2 is 1.91 bits per heavy atom. The van der Waals surface area contributed by atoms with Crippen LogP contribution >= 0.6 is 0 Å². The van der Waals surface area contributed by atoms with Crippen LogP contribution in [0, 0.1) is 23.2 Å². The highest BCUT2D eigenvalue weighted by Crippen LogP contribution is 2.77. The summed E-state index contributed by atoms with van der Waals surface area (Å²) in [5.74, 6) is 2.76. The van der Waals surface area contributed by atoms with Gasteiger partial charge in [0.05, 0.1) is 5.60 Å². The molecule has 0 heterocycles. The van der Waals surface area contributed by atoms with Crippen molar-refractivity contribution in [1.29, 1.82) is 0 Å². The number of hydrogen-bond acceptors (Lipinski definition) is 3. The third kappa shape index (κ3) is 3.19. The molecule has 5 aliphatic carbocycles. The summed E-state index contributed by atoms with van der Waals surface area (Å²) in [7, 11) is 0. The van der Waals surface area contributed by atoms with Crippen molar-refractivity contribution in [1.82, 2.24) is 0 Å². The average Bonchev–Trinajstić information content (AvgIpc) is 3.48. The van der Waals surface area contributed by atoms with E-state index in [1.165, 1.54) is 36.0 Å². The van der Waals surface area contributed by atoms with Crippen LogP contribution in [0.1, 0.15) is 100 Å². The molecule has 0 bridgehead atoms. The van der Waals surface area contributed by atoms with Crippen LogP contribution in [-0.2, 0) is 9.53 Å². The molecule has 1 aromatic carbocycles. The fourth-order valence-corrected chi connectivity index (χ4v) is 8.51. The molecule has 0 saturated heterocycles. The summed E-state index contributed by atoms with van der Waals surface area (Å²) in [6.07, 6.45) is 11.7. The third-order valence-electron chi connectivity index (χ3n) is 10.3. The first-order valence-electron chi connectivity index (χ1n) is 13.6. The largest absolute Gasteiger partial charge is 0.374 e. The summed E-state index contributed by atoms with van der Waals surface area (Å²) >= 11 is 0. The number of carbonyl (C=O) groups excluding carboxylic acids is 2. The van der Waals surface area contributed by atoms with Crippen molar-refractivity contribution < 1.29 is 14.3 Å². The number of ketones is 2. The van der Waals surface area contributed by atoms with Gasteiger partial charge in [-0.2, -0.15) is 0 Å². The van der Waals surface area contributed by atoms with Crippen molar-refractivity contribution >= 4 is 11.6 Å². The second-order valence-electron chi connectivity index (χ2n) is 11.9. The molecule has 3 fully saturated rings. The first-order valence-corrected chi connectivity index (χ1v) is 13.6. The maximum absolute atomic E-state index is 12.2. The molecule has 1 aromatic rings. The first kappa shape index (κ1) is 22.5. The van der Waals surface area contributed by atoms with Crippen LogP contribution in [-0.4, -0.2) is 23.8 Å². The zero-order valence-corrected chi connectivity index (χ0v) is 21.0. The maximum Gasteiger partial charge on any atom is 0.159 e. The first-order chi connectivity index (χ1) is 16.4. The minimum absolute atomic E-state index is 0.0687. The van der Waals surface area contributed by atoms with Gasteiger partial charge in [0.15, 0.2) is 11.6 Å². The molecule has 3 nitrogen and oxygen atoms in total. The molecule has 0 spiro atoms. The zero-order valence-electron chi connectivity index (χ0n) is 21.0. The van der Waals surface area contributed by atoms with Gasteiger partial charge in [-0.15, -0.1) is 0 Å².